The van der Waals surface area contributed by atoms with Gasteiger partial charge in [-0.1, -0.05) is 13.3 Å². The number of hydrogen-bond acceptors (Lipinski definition) is 3. The van der Waals surface area contributed by atoms with Crippen LogP contribution in [0.25, 0.3) is 0 Å². The Labute approximate surface area is 103 Å². The van der Waals surface area contributed by atoms with Gasteiger partial charge in [-0.15, -0.1) is 0 Å². The topological polar surface area (TPSA) is 49.8 Å². The summed E-state index contributed by atoms with van der Waals surface area (Å²) in [6.45, 7) is 5.97. The summed E-state index contributed by atoms with van der Waals surface area (Å²) >= 11 is 0. The molecular formula is C13H23NO3. The number of likely N-dealkylation sites (tertiary alicyclic amines) is 1. The molecule has 1 N–H and O–H groups in total. The maximum atomic E-state index is 11.4. The number of carboxylic acids is 1. The Morgan fingerprint density at radius 1 is 1.59 bits per heavy atom. The molecule has 0 radical (unpaired) electrons. The molecule has 0 saturated carbocycles. The average Bonchev–Trinajstić information content (AvgIpc) is 2.79. The Bertz CT molecular complexity index is 274. The Morgan fingerprint density at radius 3 is 3.00 bits per heavy atom. The summed E-state index contributed by atoms with van der Waals surface area (Å²) in [6, 6.07) is 0. The van der Waals surface area contributed by atoms with Gasteiger partial charge in [-0.2, -0.15) is 0 Å². The maximum Gasteiger partial charge on any atom is 0.313 e. The van der Waals surface area contributed by atoms with Gasteiger partial charge >= 0.3 is 5.97 Å². The Hall–Kier alpha value is -0.610. The molecule has 0 aromatic carbocycles. The van der Waals surface area contributed by atoms with E-state index in [4.69, 9.17) is 4.74 Å². The van der Waals surface area contributed by atoms with Gasteiger partial charge in [0, 0.05) is 19.7 Å². The summed E-state index contributed by atoms with van der Waals surface area (Å²) < 4.78 is 5.31. The number of carbonyl (C=O) groups is 1. The average molecular weight is 241 g/mol. The molecule has 2 aliphatic rings. The standard InChI is InChI=1S/C13H23NO3/c1-2-11-4-3-6-14(8-11)9-13(12(15)16)5-7-17-10-13/h11H,2-10H2,1H3,(H,15,16). The largest absolute Gasteiger partial charge is 0.481 e. The predicted octanol–water partition coefficient (Wildman–Crippen LogP) is 1.60. The number of ether oxygens (including phenoxy) is 1. The summed E-state index contributed by atoms with van der Waals surface area (Å²) in [5, 5.41) is 9.41. The molecule has 98 valence electrons. The van der Waals surface area contributed by atoms with Crippen LogP contribution in [0.1, 0.15) is 32.6 Å². The summed E-state index contributed by atoms with van der Waals surface area (Å²) in [5.41, 5.74) is -0.643. The quantitative estimate of drug-likeness (QED) is 0.812. The van der Waals surface area contributed by atoms with Crippen molar-refractivity contribution in [3.05, 3.63) is 0 Å². The van der Waals surface area contributed by atoms with Crippen LogP contribution in [0, 0.1) is 11.3 Å². The van der Waals surface area contributed by atoms with Crippen molar-refractivity contribution in [2.24, 2.45) is 11.3 Å². The summed E-state index contributed by atoms with van der Waals surface area (Å²) in [6.07, 6.45) is 4.36. The molecule has 2 unspecified atom stereocenters. The van der Waals surface area contributed by atoms with Gasteiger partial charge < -0.3 is 14.7 Å². The molecule has 0 spiro atoms. The van der Waals surface area contributed by atoms with Gasteiger partial charge in [-0.05, 0) is 31.7 Å². The summed E-state index contributed by atoms with van der Waals surface area (Å²) in [4.78, 5) is 13.8. The number of rotatable bonds is 4. The fraction of sp³-hybridized carbons (Fsp3) is 0.923. The number of carboxylic acid groups (broad SMARTS) is 1. The van der Waals surface area contributed by atoms with E-state index in [0.717, 1.165) is 19.0 Å². The van der Waals surface area contributed by atoms with Crippen LogP contribution in [0.5, 0.6) is 0 Å². The maximum absolute atomic E-state index is 11.4. The zero-order valence-corrected chi connectivity index (χ0v) is 10.7. The molecule has 0 bridgehead atoms. The Balaban J connectivity index is 1.96. The van der Waals surface area contributed by atoms with E-state index >= 15 is 0 Å². The number of nitrogens with zero attached hydrogens (tertiary/aromatic N) is 1. The van der Waals surface area contributed by atoms with Crippen molar-refractivity contribution in [3.63, 3.8) is 0 Å². The second-order valence-electron chi connectivity index (χ2n) is 5.54. The van der Waals surface area contributed by atoms with Crippen LogP contribution < -0.4 is 0 Å². The highest BCUT2D eigenvalue weighted by Gasteiger charge is 2.44. The van der Waals surface area contributed by atoms with Gasteiger partial charge in [0.1, 0.15) is 5.41 Å². The summed E-state index contributed by atoms with van der Waals surface area (Å²) in [5.74, 6) is 0.0607. The van der Waals surface area contributed by atoms with Crippen LogP contribution in [-0.4, -0.2) is 48.8 Å². The van der Waals surface area contributed by atoms with Crippen molar-refractivity contribution in [1.82, 2.24) is 4.90 Å². The molecule has 2 heterocycles. The van der Waals surface area contributed by atoms with E-state index in [9.17, 15) is 9.90 Å². The van der Waals surface area contributed by atoms with Crippen LogP contribution in [0.3, 0.4) is 0 Å². The first-order valence-corrected chi connectivity index (χ1v) is 6.70. The van der Waals surface area contributed by atoms with Crippen LogP contribution >= 0.6 is 0 Å². The predicted molar refractivity (Wildman–Crippen MR) is 65.0 cm³/mol. The number of aliphatic carboxylic acids is 1. The van der Waals surface area contributed by atoms with E-state index < -0.39 is 11.4 Å². The van der Waals surface area contributed by atoms with Crippen molar-refractivity contribution in [2.75, 3.05) is 32.8 Å². The molecule has 0 amide bonds. The lowest BCUT2D eigenvalue weighted by Gasteiger charge is -2.36. The Morgan fingerprint density at radius 2 is 2.41 bits per heavy atom. The fourth-order valence-corrected chi connectivity index (χ4v) is 3.02. The molecule has 2 atom stereocenters. The molecule has 2 saturated heterocycles. The normalized spacial score (nSPS) is 35.0. The lowest BCUT2D eigenvalue weighted by molar-refractivity contribution is -0.150. The molecular weight excluding hydrogens is 218 g/mol. The van der Waals surface area contributed by atoms with Crippen molar-refractivity contribution in [3.8, 4) is 0 Å². The lowest BCUT2D eigenvalue weighted by atomic mass is 9.85. The number of hydrogen-bond donors (Lipinski definition) is 1. The first-order chi connectivity index (χ1) is 8.16. The third-order valence-electron chi connectivity index (χ3n) is 4.26. The van der Waals surface area contributed by atoms with Crippen molar-refractivity contribution >= 4 is 5.97 Å². The van der Waals surface area contributed by atoms with Crippen LogP contribution in [0.2, 0.25) is 0 Å². The second-order valence-corrected chi connectivity index (χ2v) is 5.54. The zero-order chi connectivity index (χ0) is 12.3. The highest BCUT2D eigenvalue weighted by atomic mass is 16.5. The van der Waals surface area contributed by atoms with Crippen molar-refractivity contribution < 1.29 is 14.6 Å². The van der Waals surface area contributed by atoms with Crippen LogP contribution in [0.4, 0.5) is 0 Å². The summed E-state index contributed by atoms with van der Waals surface area (Å²) in [7, 11) is 0. The molecule has 17 heavy (non-hydrogen) atoms. The van der Waals surface area contributed by atoms with E-state index in [-0.39, 0.29) is 0 Å². The molecule has 4 nitrogen and oxygen atoms in total. The number of piperidine rings is 1. The van der Waals surface area contributed by atoms with Gasteiger partial charge in [0.2, 0.25) is 0 Å². The second kappa shape index (κ2) is 5.36. The SMILES string of the molecule is CCC1CCCN(CC2(C(=O)O)CCOC2)C1. The van der Waals surface area contributed by atoms with E-state index in [1.54, 1.807) is 0 Å². The van der Waals surface area contributed by atoms with Crippen molar-refractivity contribution in [1.29, 1.82) is 0 Å². The highest BCUT2D eigenvalue weighted by Crippen LogP contribution is 2.32. The molecule has 2 aliphatic heterocycles. The minimum absolute atomic E-state index is 0.385. The Kier molecular flexibility index (Phi) is 4.05. The first-order valence-electron chi connectivity index (χ1n) is 6.70. The van der Waals surface area contributed by atoms with Gasteiger partial charge in [-0.25, -0.2) is 0 Å². The highest BCUT2D eigenvalue weighted by molar-refractivity contribution is 5.75. The molecule has 0 aromatic rings. The molecule has 4 heteroatoms. The molecule has 2 fully saturated rings. The van der Waals surface area contributed by atoms with Gasteiger partial charge in [0.05, 0.1) is 6.61 Å². The van der Waals surface area contributed by atoms with Crippen molar-refractivity contribution in [2.45, 2.75) is 32.6 Å². The van der Waals surface area contributed by atoms with Crippen LogP contribution in [0.15, 0.2) is 0 Å². The minimum Gasteiger partial charge on any atom is -0.481 e. The monoisotopic (exact) mass is 241 g/mol. The molecule has 0 aliphatic carbocycles. The lowest BCUT2D eigenvalue weighted by Crippen LogP contribution is -2.47. The van der Waals surface area contributed by atoms with E-state index in [1.807, 2.05) is 0 Å². The van der Waals surface area contributed by atoms with E-state index in [2.05, 4.69) is 11.8 Å². The smallest absolute Gasteiger partial charge is 0.313 e. The molecule has 0 aromatic heterocycles. The van der Waals surface area contributed by atoms with Gasteiger partial charge in [0.15, 0.2) is 0 Å². The first kappa shape index (κ1) is 12.8. The van der Waals surface area contributed by atoms with E-state index in [1.165, 1.54) is 19.3 Å². The minimum atomic E-state index is -0.686. The van der Waals surface area contributed by atoms with E-state index in [0.29, 0.717) is 26.2 Å². The van der Waals surface area contributed by atoms with Gasteiger partial charge in [-0.3, -0.25) is 4.79 Å². The third kappa shape index (κ3) is 2.80. The molecule has 2 rings (SSSR count). The van der Waals surface area contributed by atoms with Gasteiger partial charge in [0.25, 0.3) is 0 Å². The third-order valence-corrected chi connectivity index (χ3v) is 4.26. The fourth-order valence-electron chi connectivity index (χ4n) is 3.02. The van der Waals surface area contributed by atoms with Crippen LogP contribution in [-0.2, 0) is 9.53 Å². The zero-order valence-electron chi connectivity index (χ0n) is 10.7.